The third-order valence-electron chi connectivity index (χ3n) is 5.32. The number of carbonyl (C=O) groups excluding carboxylic acids is 2. The fourth-order valence-electron chi connectivity index (χ4n) is 3.80. The Morgan fingerprint density at radius 2 is 1.90 bits per heavy atom. The van der Waals surface area contributed by atoms with Crippen LogP contribution in [0.25, 0.3) is 5.76 Å². The SMILES string of the molecule is Cc1cccc(C2/C(=C(/O)c3ccc(F)c(C)c3)C(=O)C(=O)N2CCCOC(C)C)c1. The van der Waals surface area contributed by atoms with E-state index in [2.05, 4.69) is 0 Å². The first-order valence-corrected chi connectivity index (χ1v) is 10.4. The van der Waals surface area contributed by atoms with Gasteiger partial charge < -0.3 is 14.7 Å². The molecule has 0 spiro atoms. The average molecular weight is 426 g/mol. The lowest BCUT2D eigenvalue weighted by molar-refractivity contribution is -0.140. The standard InChI is InChI=1S/C25H28FNO4/c1-15(2)31-12-6-11-27-22(18-8-5-7-16(3)13-18)21(24(29)25(27)30)23(28)19-9-10-20(26)17(4)14-19/h5,7-10,13-15,22,28H,6,11-12H2,1-4H3/b23-21-. The van der Waals surface area contributed by atoms with Gasteiger partial charge in [0.2, 0.25) is 0 Å². The van der Waals surface area contributed by atoms with E-state index in [0.29, 0.717) is 30.7 Å². The summed E-state index contributed by atoms with van der Waals surface area (Å²) < 4.78 is 19.3. The van der Waals surface area contributed by atoms with Crippen LogP contribution in [0.3, 0.4) is 0 Å². The number of ketones is 1. The monoisotopic (exact) mass is 425 g/mol. The molecule has 1 aliphatic rings. The number of likely N-dealkylation sites (tertiary alicyclic amines) is 1. The van der Waals surface area contributed by atoms with Gasteiger partial charge in [0.15, 0.2) is 0 Å². The first kappa shape index (κ1) is 22.7. The van der Waals surface area contributed by atoms with Gasteiger partial charge in [0.25, 0.3) is 11.7 Å². The summed E-state index contributed by atoms with van der Waals surface area (Å²) in [5.41, 5.74) is 2.38. The molecule has 1 aliphatic heterocycles. The molecule has 6 heteroatoms. The van der Waals surface area contributed by atoms with Gasteiger partial charge in [-0.05, 0) is 63.4 Å². The number of hydrogen-bond donors (Lipinski definition) is 1. The lowest BCUT2D eigenvalue weighted by atomic mass is 9.94. The van der Waals surface area contributed by atoms with Gasteiger partial charge in [-0.3, -0.25) is 9.59 Å². The van der Waals surface area contributed by atoms with E-state index < -0.39 is 23.5 Å². The van der Waals surface area contributed by atoms with Crippen LogP contribution in [0.15, 0.2) is 48.0 Å². The van der Waals surface area contributed by atoms with E-state index in [1.54, 1.807) is 6.92 Å². The van der Waals surface area contributed by atoms with E-state index in [9.17, 15) is 19.1 Å². The van der Waals surface area contributed by atoms with Crippen molar-refractivity contribution in [3.05, 3.63) is 76.1 Å². The molecule has 0 radical (unpaired) electrons. The molecule has 1 unspecified atom stereocenters. The largest absolute Gasteiger partial charge is 0.507 e. The van der Waals surface area contributed by atoms with Crippen LogP contribution in [0.5, 0.6) is 0 Å². The number of nitrogens with zero attached hydrogens (tertiary/aromatic N) is 1. The summed E-state index contributed by atoms with van der Waals surface area (Å²) in [5, 5.41) is 11.0. The zero-order valence-corrected chi connectivity index (χ0v) is 18.3. The Hall–Kier alpha value is -2.99. The Balaban J connectivity index is 2.06. The van der Waals surface area contributed by atoms with Gasteiger partial charge in [-0.15, -0.1) is 0 Å². The van der Waals surface area contributed by atoms with Crippen molar-refractivity contribution in [2.24, 2.45) is 0 Å². The van der Waals surface area contributed by atoms with Crippen LogP contribution in [0.1, 0.15) is 48.6 Å². The number of aliphatic hydroxyl groups is 1. The highest BCUT2D eigenvalue weighted by Gasteiger charge is 2.45. The summed E-state index contributed by atoms with van der Waals surface area (Å²) in [6, 6.07) is 10.9. The Kier molecular flexibility index (Phi) is 6.91. The van der Waals surface area contributed by atoms with Crippen LogP contribution in [0.2, 0.25) is 0 Å². The molecule has 2 aromatic rings. The van der Waals surface area contributed by atoms with Gasteiger partial charge in [-0.2, -0.15) is 0 Å². The highest BCUT2D eigenvalue weighted by atomic mass is 19.1. The number of carbonyl (C=O) groups is 2. The average Bonchev–Trinajstić information content (AvgIpc) is 2.97. The van der Waals surface area contributed by atoms with E-state index in [-0.39, 0.29) is 17.4 Å². The predicted octanol–water partition coefficient (Wildman–Crippen LogP) is 4.68. The first-order chi connectivity index (χ1) is 14.7. The number of rotatable bonds is 7. The highest BCUT2D eigenvalue weighted by Crippen LogP contribution is 2.39. The molecule has 1 heterocycles. The van der Waals surface area contributed by atoms with Crippen LogP contribution in [0.4, 0.5) is 4.39 Å². The summed E-state index contributed by atoms with van der Waals surface area (Å²) in [5.74, 6) is -2.10. The van der Waals surface area contributed by atoms with Crippen LogP contribution in [-0.2, 0) is 14.3 Å². The molecular formula is C25H28FNO4. The van der Waals surface area contributed by atoms with Crippen LogP contribution >= 0.6 is 0 Å². The molecule has 31 heavy (non-hydrogen) atoms. The maximum absolute atomic E-state index is 13.7. The fraction of sp³-hybridized carbons (Fsp3) is 0.360. The predicted molar refractivity (Wildman–Crippen MR) is 117 cm³/mol. The quantitative estimate of drug-likeness (QED) is 0.303. The van der Waals surface area contributed by atoms with Gasteiger partial charge >= 0.3 is 0 Å². The number of hydrogen-bond acceptors (Lipinski definition) is 4. The lowest BCUT2D eigenvalue weighted by Crippen LogP contribution is -2.31. The number of aryl methyl sites for hydroxylation is 2. The topological polar surface area (TPSA) is 66.8 Å². The van der Waals surface area contributed by atoms with E-state index in [1.807, 2.05) is 45.0 Å². The summed E-state index contributed by atoms with van der Waals surface area (Å²) in [4.78, 5) is 27.4. The van der Waals surface area contributed by atoms with Crippen LogP contribution < -0.4 is 0 Å². The lowest BCUT2D eigenvalue weighted by Gasteiger charge is -2.25. The van der Waals surface area contributed by atoms with Crippen molar-refractivity contribution in [1.29, 1.82) is 0 Å². The molecule has 1 amide bonds. The van der Waals surface area contributed by atoms with Gasteiger partial charge in [-0.1, -0.05) is 29.8 Å². The molecule has 164 valence electrons. The van der Waals surface area contributed by atoms with Crippen LogP contribution in [0, 0.1) is 19.7 Å². The van der Waals surface area contributed by atoms with Crippen molar-refractivity contribution in [3.8, 4) is 0 Å². The Bertz CT molecular complexity index is 1030. The van der Waals surface area contributed by atoms with Gasteiger partial charge in [-0.25, -0.2) is 4.39 Å². The van der Waals surface area contributed by atoms with Gasteiger partial charge in [0.05, 0.1) is 17.7 Å². The van der Waals surface area contributed by atoms with Crippen molar-refractivity contribution in [3.63, 3.8) is 0 Å². The molecule has 1 atom stereocenters. The minimum atomic E-state index is -0.740. The Labute approximate surface area is 182 Å². The third kappa shape index (κ3) is 4.85. The summed E-state index contributed by atoms with van der Waals surface area (Å²) in [6.45, 7) is 8.15. The molecular weight excluding hydrogens is 397 g/mol. The molecule has 0 bridgehead atoms. The van der Waals surface area contributed by atoms with Crippen molar-refractivity contribution in [2.75, 3.05) is 13.2 Å². The van der Waals surface area contributed by atoms with Crippen molar-refractivity contribution in [1.82, 2.24) is 4.90 Å². The highest BCUT2D eigenvalue weighted by molar-refractivity contribution is 6.46. The molecule has 0 aromatic heterocycles. The summed E-state index contributed by atoms with van der Waals surface area (Å²) in [6.07, 6.45) is 0.633. The van der Waals surface area contributed by atoms with E-state index in [0.717, 1.165) is 11.1 Å². The third-order valence-corrected chi connectivity index (χ3v) is 5.32. The molecule has 2 aromatic carbocycles. The number of ether oxygens (including phenoxy) is 1. The molecule has 1 N–H and O–H groups in total. The second kappa shape index (κ2) is 9.43. The maximum Gasteiger partial charge on any atom is 0.295 e. The number of aliphatic hydroxyl groups excluding tert-OH is 1. The summed E-state index contributed by atoms with van der Waals surface area (Å²) >= 11 is 0. The van der Waals surface area contributed by atoms with Gasteiger partial charge in [0, 0.05) is 18.7 Å². The van der Waals surface area contributed by atoms with Crippen molar-refractivity contribution < 1.29 is 23.8 Å². The summed E-state index contributed by atoms with van der Waals surface area (Å²) in [7, 11) is 0. The molecule has 5 nitrogen and oxygen atoms in total. The van der Waals surface area contributed by atoms with Crippen molar-refractivity contribution >= 4 is 17.4 Å². The zero-order chi connectivity index (χ0) is 22.7. The minimum absolute atomic E-state index is 0.0198. The number of benzene rings is 2. The second-order valence-corrected chi connectivity index (χ2v) is 8.14. The Morgan fingerprint density at radius 1 is 1.16 bits per heavy atom. The molecule has 3 rings (SSSR count). The van der Waals surface area contributed by atoms with E-state index in [1.165, 1.54) is 23.1 Å². The van der Waals surface area contributed by atoms with Crippen LogP contribution in [-0.4, -0.2) is 41.0 Å². The zero-order valence-electron chi connectivity index (χ0n) is 18.3. The second-order valence-electron chi connectivity index (χ2n) is 8.14. The van der Waals surface area contributed by atoms with E-state index in [4.69, 9.17) is 4.74 Å². The smallest absolute Gasteiger partial charge is 0.295 e. The number of halogens is 1. The molecule has 1 fully saturated rings. The number of amides is 1. The van der Waals surface area contributed by atoms with Gasteiger partial charge in [0.1, 0.15) is 11.6 Å². The van der Waals surface area contributed by atoms with Crippen molar-refractivity contribution in [2.45, 2.75) is 46.3 Å². The maximum atomic E-state index is 13.7. The molecule has 0 aliphatic carbocycles. The number of Topliss-reactive ketones (excluding diaryl/α,β-unsaturated/α-hetero) is 1. The Morgan fingerprint density at radius 3 is 2.55 bits per heavy atom. The molecule has 0 saturated carbocycles. The first-order valence-electron chi connectivity index (χ1n) is 10.4. The van der Waals surface area contributed by atoms with E-state index >= 15 is 0 Å². The normalized spacial score (nSPS) is 18.3. The fourth-order valence-corrected chi connectivity index (χ4v) is 3.80. The molecule has 1 saturated heterocycles. The minimum Gasteiger partial charge on any atom is -0.507 e.